The minimum absolute atomic E-state index is 0.134. The Labute approximate surface area is 208 Å². The molecule has 1 amide bonds. The van der Waals surface area contributed by atoms with Crippen molar-refractivity contribution in [3.63, 3.8) is 0 Å². The number of ether oxygens (including phenoxy) is 2. The number of carbonyl (C=O) groups excluding carboxylic acids is 1. The Bertz CT molecular complexity index is 848. The quantitative estimate of drug-likeness (QED) is 0.353. The standard InChI is InChI=1S/C28H40N2O5/c1-32-28(23-15-19-14-20(17-23)18-24(28)16-19)35-34-26-8-4-22(5-9-26)21-2-6-25(7-3-21)33-27(31)30-12-10-29-11-13-30/h2-3,6-7,19-20,22-24,26,29H,4-5,8-18H2,1H3/t19?,20?,22-,23?,24?,26+,28?. The summed E-state index contributed by atoms with van der Waals surface area (Å²) in [4.78, 5) is 26.5. The highest BCUT2D eigenvalue weighted by Gasteiger charge is 2.60. The number of hydrogen-bond donors (Lipinski definition) is 1. The van der Waals surface area contributed by atoms with Crippen LogP contribution in [0.5, 0.6) is 5.75 Å². The highest BCUT2D eigenvalue weighted by molar-refractivity contribution is 5.70. The Morgan fingerprint density at radius 1 is 0.914 bits per heavy atom. The maximum Gasteiger partial charge on any atom is 0.415 e. The number of methoxy groups -OCH3 is 1. The lowest BCUT2D eigenvalue weighted by atomic mass is 9.53. The SMILES string of the molecule is COC1(OO[C@H]2CC[C@@H](c3ccc(OC(=O)N4CCNCC4)cc3)CC2)C2CC3CC(C2)CC1C3. The van der Waals surface area contributed by atoms with Crippen LogP contribution in [0, 0.1) is 23.7 Å². The number of nitrogens with one attached hydrogen (secondary N) is 1. The predicted molar refractivity (Wildman–Crippen MR) is 131 cm³/mol. The Morgan fingerprint density at radius 2 is 1.54 bits per heavy atom. The van der Waals surface area contributed by atoms with Crippen LogP contribution in [0.3, 0.4) is 0 Å². The molecule has 1 heterocycles. The molecular weight excluding hydrogens is 444 g/mol. The minimum atomic E-state index is -0.526. The van der Waals surface area contributed by atoms with E-state index in [1.54, 1.807) is 4.90 Å². The van der Waals surface area contributed by atoms with Gasteiger partial charge in [-0.15, -0.1) is 0 Å². The van der Waals surface area contributed by atoms with Gasteiger partial charge in [-0.05, 0) is 93.2 Å². The molecule has 1 aliphatic heterocycles. The monoisotopic (exact) mass is 484 g/mol. The number of amides is 1. The maximum absolute atomic E-state index is 12.3. The van der Waals surface area contributed by atoms with Crippen molar-refractivity contribution in [2.24, 2.45) is 23.7 Å². The largest absolute Gasteiger partial charge is 0.415 e. The predicted octanol–water partition coefficient (Wildman–Crippen LogP) is 4.86. The first-order valence-electron chi connectivity index (χ1n) is 13.8. The van der Waals surface area contributed by atoms with E-state index in [0.29, 0.717) is 36.6 Å². The Hall–Kier alpha value is -1.67. The number of rotatable bonds is 6. The average molecular weight is 485 g/mol. The van der Waals surface area contributed by atoms with E-state index < -0.39 is 5.79 Å². The molecule has 6 fully saturated rings. The molecular formula is C28H40N2O5. The summed E-state index contributed by atoms with van der Waals surface area (Å²) in [5, 5.41) is 3.25. The number of benzene rings is 1. The van der Waals surface area contributed by atoms with Crippen LogP contribution in [0.4, 0.5) is 4.79 Å². The zero-order chi connectivity index (χ0) is 23.8. The van der Waals surface area contributed by atoms with Gasteiger partial charge < -0.3 is 19.7 Å². The summed E-state index contributed by atoms with van der Waals surface area (Å²) < 4.78 is 11.7. The second-order valence-corrected chi connectivity index (χ2v) is 11.6. The fourth-order valence-corrected chi connectivity index (χ4v) is 7.80. The molecule has 5 aliphatic carbocycles. The van der Waals surface area contributed by atoms with Gasteiger partial charge >= 0.3 is 6.09 Å². The first-order chi connectivity index (χ1) is 17.1. The summed E-state index contributed by atoms with van der Waals surface area (Å²) >= 11 is 0. The zero-order valence-electron chi connectivity index (χ0n) is 21.0. The van der Waals surface area contributed by atoms with Crippen LogP contribution in [0.2, 0.25) is 0 Å². The van der Waals surface area contributed by atoms with E-state index in [4.69, 9.17) is 19.2 Å². The van der Waals surface area contributed by atoms with Crippen molar-refractivity contribution in [1.29, 1.82) is 0 Å². The van der Waals surface area contributed by atoms with E-state index in [2.05, 4.69) is 17.4 Å². The highest BCUT2D eigenvalue weighted by Crippen LogP contribution is 2.60. The van der Waals surface area contributed by atoms with Crippen molar-refractivity contribution in [2.45, 2.75) is 75.6 Å². The van der Waals surface area contributed by atoms with E-state index in [1.807, 2.05) is 19.2 Å². The van der Waals surface area contributed by atoms with E-state index in [9.17, 15) is 4.79 Å². The van der Waals surface area contributed by atoms with Gasteiger partial charge in [-0.25, -0.2) is 14.6 Å². The van der Waals surface area contributed by atoms with Crippen molar-refractivity contribution in [2.75, 3.05) is 33.3 Å². The molecule has 7 rings (SSSR count). The molecule has 6 aliphatic rings. The van der Waals surface area contributed by atoms with Gasteiger partial charge in [0.1, 0.15) is 5.75 Å². The summed E-state index contributed by atoms with van der Waals surface area (Å²) in [6.07, 6.45) is 10.4. The molecule has 0 aromatic heterocycles. The van der Waals surface area contributed by atoms with E-state index in [-0.39, 0.29) is 12.2 Å². The molecule has 192 valence electrons. The Balaban J connectivity index is 0.986. The van der Waals surface area contributed by atoms with Gasteiger partial charge in [-0.2, -0.15) is 0 Å². The summed E-state index contributed by atoms with van der Waals surface area (Å²) in [6.45, 7) is 3.03. The van der Waals surface area contributed by atoms with Gasteiger partial charge in [0.15, 0.2) is 0 Å². The molecule has 7 nitrogen and oxygen atoms in total. The van der Waals surface area contributed by atoms with Gasteiger partial charge in [-0.1, -0.05) is 12.1 Å². The summed E-state index contributed by atoms with van der Waals surface area (Å²) in [7, 11) is 1.81. The van der Waals surface area contributed by atoms with E-state index >= 15 is 0 Å². The molecule has 1 aromatic rings. The molecule has 0 atom stereocenters. The fourth-order valence-electron chi connectivity index (χ4n) is 7.80. The molecule has 5 saturated carbocycles. The lowest BCUT2D eigenvalue weighted by Gasteiger charge is -2.58. The molecule has 1 N–H and O–H groups in total. The van der Waals surface area contributed by atoms with Crippen LogP contribution in [0.25, 0.3) is 0 Å². The molecule has 0 radical (unpaired) electrons. The maximum atomic E-state index is 12.3. The summed E-state index contributed by atoms with van der Waals surface area (Å²) in [6, 6.07) is 8.07. The van der Waals surface area contributed by atoms with Crippen molar-refractivity contribution in [3.05, 3.63) is 29.8 Å². The van der Waals surface area contributed by atoms with E-state index in [1.165, 1.54) is 37.7 Å². The zero-order valence-corrected chi connectivity index (χ0v) is 21.0. The van der Waals surface area contributed by atoms with Crippen LogP contribution >= 0.6 is 0 Å². The van der Waals surface area contributed by atoms with Crippen LogP contribution in [-0.4, -0.2) is 56.2 Å². The summed E-state index contributed by atoms with van der Waals surface area (Å²) in [5.41, 5.74) is 1.31. The molecule has 1 aromatic carbocycles. The molecule has 1 saturated heterocycles. The fraction of sp³-hybridized carbons (Fsp3) is 0.750. The first kappa shape index (κ1) is 23.7. The third-order valence-corrected chi connectivity index (χ3v) is 9.52. The third-order valence-electron chi connectivity index (χ3n) is 9.52. The van der Waals surface area contributed by atoms with Gasteiger partial charge in [0.25, 0.3) is 0 Å². The van der Waals surface area contributed by atoms with Crippen molar-refractivity contribution < 1.29 is 24.0 Å². The molecule has 4 bridgehead atoms. The lowest BCUT2D eigenvalue weighted by molar-refractivity contribution is -0.485. The number of hydrogen-bond acceptors (Lipinski definition) is 6. The van der Waals surface area contributed by atoms with Crippen molar-refractivity contribution in [3.8, 4) is 5.75 Å². The topological polar surface area (TPSA) is 69.3 Å². The van der Waals surface area contributed by atoms with Crippen molar-refractivity contribution in [1.82, 2.24) is 10.2 Å². The minimum Gasteiger partial charge on any atom is -0.410 e. The second-order valence-electron chi connectivity index (χ2n) is 11.6. The number of carbonyl (C=O) groups is 1. The smallest absolute Gasteiger partial charge is 0.410 e. The highest BCUT2D eigenvalue weighted by atomic mass is 17.2. The van der Waals surface area contributed by atoms with Gasteiger partial charge in [0.05, 0.1) is 6.10 Å². The summed E-state index contributed by atoms with van der Waals surface area (Å²) in [5.74, 6) is 3.31. The first-order valence-corrected chi connectivity index (χ1v) is 13.8. The molecule has 7 heteroatoms. The van der Waals surface area contributed by atoms with Gasteiger partial charge in [-0.3, -0.25) is 0 Å². The number of piperazine rings is 1. The Kier molecular flexibility index (Phi) is 6.78. The average Bonchev–Trinajstić information content (AvgIpc) is 2.90. The third kappa shape index (κ3) is 4.73. The van der Waals surface area contributed by atoms with Gasteiger partial charge in [0, 0.05) is 45.1 Å². The van der Waals surface area contributed by atoms with Crippen LogP contribution in [0.1, 0.15) is 69.3 Å². The molecule has 0 spiro atoms. The van der Waals surface area contributed by atoms with E-state index in [0.717, 1.165) is 50.6 Å². The molecule has 35 heavy (non-hydrogen) atoms. The molecule has 0 unspecified atom stereocenters. The number of nitrogens with zero attached hydrogens (tertiary/aromatic N) is 1. The normalized spacial score (nSPS) is 38.5. The van der Waals surface area contributed by atoms with Crippen LogP contribution in [-0.2, 0) is 14.5 Å². The second kappa shape index (κ2) is 10.0. The van der Waals surface area contributed by atoms with Gasteiger partial charge in [0.2, 0.25) is 5.79 Å². The van der Waals surface area contributed by atoms with Crippen LogP contribution in [0.15, 0.2) is 24.3 Å². The Morgan fingerprint density at radius 3 is 2.14 bits per heavy atom. The van der Waals surface area contributed by atoms with Crippen molar-refractivity contribution >= 4 is 6.09 Å². The van der Waals surface area contributed by atoms with Crippen LogP contribution < -0.4 is 10.1 Å². The lowest BCUT2D eigenvalue weighted by Crippen LogP contribution is -2.60.